The molecule has 0 aliphatic carbocycles. The highest BCUT2D eigenvalue weighted by atomic mass is 19.1. The first-order chi connectivity index (χ1) is 12.4. The minimum atomic E-state index is -0.169. The molecule has 0 aliphatic rings. The third-order valence-corrected chi connectivity index (χ3v) is 3.57. The fourth-order valence-corrected chi connectivity index (χ4v) is 2.40. The Morgan fingerprint density at radius 3 is 2.69 bits per heavy atom. The molecule has 0 spiro atoms. The largest absolute Gasteiger partial charge is 0.381 e. The molecule has 1 rings (SSSR count). The van der Waals surface area contributed by atoms with Gasteiger partial charge in [-0.05, 0) is 51.1 Å². The van der Waals surface area contributed by atoms with Gasteiger partial charge >= 0.3 is 0 Å². The number of halogens is 1. The first-order valence-corrected chi connectivity index (χ1v) is 9.44. The van der Waals surface area contributed by atoms with Gasteiger partial charge in [-0.15, -0.1) is 0 Å². The number of nitrogens with zero attached hydrogens (tertiary/aromatic N) is 2. The van der Waals surface area contributed by atoms with Crippen molar-refractivity contribution in [2.45, 2.75) is 40.3 Å². The molecular formula is C20H35FN4O. The molecule has 0 radical (unpaired) electrons. The molecule has 5 nitrogen and oxygen atoms in total. The minimum absolute atomic E-state index is 0.169. The zero-order valence-electron chi connectivity index (χ0n) is 16.9. The number of benzene rings is 1. The van der Waals surface area contributed by atoms with E-state index in [-0.39, 0.29) is 5.82 Å². The van der Waals surface area contributed by atoms with E-state index in [1.165, 1.54) is 6.07 Å². The Morgan fingerprint density at radius 2 is 2.04 bits per heavy atom. The predicted molar refractivity (Wildman–Crippen MR) is 107 cm³/mol. The topological polar surface area (TPSA) is 48.9 Å². The Kier molecular flexibility index (Phi) is 10.9. The van der Waals surface area contributed by atoms with Gasteiger partial charge in [0.2, 0.25) is 0 Å². The van der Waals surface area contributed by atoms with Gasteiger partial charge in [0, 0.05) is 38.4 Å². The molecular weight excluding hydrogens is 331 g/mol. The Hall–Kier alpha value is -1.66. The van der Waals surface area contributed by atoms with Gasteiger partial charge in [0.25, 0.3) is 0 Å². The average molecular weight is 367 g/mol. The molecule has 0 atom stereocenters. The predicted octanol–water partition coefficient (Wildman–Crippen LogP) is 3.01. The lowest BCUT2D eigenvalue weighted by atomic mass is 10.1. The fraction of sp³-hybridized carbons (Fsp3) is 0.650. The monoisotopic (exact) mass is 366 g/mol. The van der Waals surface area contributed by atoms with E-state index in [9.17, 15) is 4.39 Å². The number of guanidine groups is 1. The summed E-state index contributed by atoms with van der Waals surface area (Å²) in [7, 11) is 3.87. The van der Waals surface area contributed by atoms with E-state index in [0.29, 0.717) is 24.6 Å². The van der Waals surface area contributed by atoms with Crippen molar-refractivity contribution in [1.29, 1.82) is 0 Å². The van der Waals surface area contributed by atoms with Crippen molar-refractivity contribution in [3.63, 3.8) is 0 Å². The molecule has 1 aromatic carbocycles. The van der Waals surface area contributed by atoms with E-state index in [2.05, 4.69) is 29.5 Å². The molecule has 0 saturated heterocycles. The highest BCUT2D eigenvalue weighted by Crippen LogP contribution is 2.13. The van der Waals surface area contributed by atoms with E-state index in [1.807, 2.05) is 32.0 Å². The van der Waals surface area contributed by atoms with Crippen LogP contribution in [-0.4, -0.2) is 51.3 Å². The number of rotatable bonds is 11. The Balaban J connectivity index is 2.52. The molecule has 0 aromatic heterocycles. The van der Waals surface area contributed by atoms with Crippen molar-refractivity contribution >= 4 is 5.96 Å². The second-order valence-corrected chi connectivity index (χ2v) is 7.11. The van der Waals surface area contributed by atoms with E-state index in [0.717, 1.165) is 44.2 Å². The van der Waals surface area contributed by atoms with Gasteiger partial charge in [0.15, 0.2) is 5.96 Å². The maximum atomic E-state index is 13.9. The van der Waals surface area contributed by atoms with Crippen LogP contribution in [0.2, 0.25) is 0 Å². The van der Waals surface area contributed by atoms with Crippen LogP contribution < -0.4 is 10.6 Å². The number of aliphatic imine (C=N–C) groups is 1. The minimum Gasteiger partial charge on any atom is -0.381 e. The van der Waals surface area contributed by atoms with Crippen LogP contribution in [0, 0.1) is 11.7 Å². The van der Waals surface area contributed by atoms with Crippen molar-refractivity contribution in [2.24, 2.45) is 10.9 Å². The zero-order chi connectivity index (χ0) is 19.4. The molecule has 148 valence electrons. The Labute approximate surface area is 158 Å². The van der Waals surface area contributed by atoms with Crippen LogP contribution >= 0.6 is 0 Å². The first kappa shape index (κ1) is 22.4. The molecule has 0 unspecified atom stereocenters. The van der Waals surface area contributed by atoms with Crippen LogP contribution in [0.15, 0.2) is 23.2 Å². The summed E-state index contributed by atoms with van der Waals surface area (Å²) in [5.74, 6) is 1.17. The standard InChI is InChI=1S/C20H35FN4O/c1-6-22-20(23-10-7-11-26-15-16(2)3)24-13-17-8-9-19(21)18(12-17)14-25(4)5/h8-9,12,16H,6-7,10-11,13-15H2,1-5H3,(H2,22,23,24). The molecule has 0 amide bonds. The Morgan fingerprint density at radius 1 is 1.27 bits per heavy atom. The van der Waals surface area contributed by atoms with Gasteiger partial charge in [-0.3, -0.25) is 0 Å². The van der Waals surface area contributed by atoms with Crippen LogP contribution in [0.5, 0.6) is 0 Å². The third kappa shape index (κ3) is 9.73. The van der Waals surface area contributed by atoms with Crippen molar-refractivity contribution in [3.05, 3.63) is 35.1 Å². The maximum absolute atomic E-state index is 13.9. The lowest BCUT2D eigenvalue weighted by Gasteiger charge is -2.13. The molecule has 26 heavy (non-hydrogen) atoms. The highest BCUT2D eigenvalue weighted by Gasteiger charge is 2.05. The van der Waals surface area contributed by atoms with Crippen LogP contribution in [0.1, 0.15) is 38.3 Å². The molecule has 0 aliphatic heterocycles. The summed E-state index contributed by atoms with van der Waals surface area (Å²) in [4.78, 5) is 6.55. The number of nitrogens with one attached hydrogen (secondary N) is 2. The molecule has 6 heteroatoms. The number of hydrogen-bond acceptors (Lipinski definition) is 3. The van der Waals surface area contributed by atoms with Gasteiger partial charge in [-0.2, -0.15) is 0 Å². The zero-order valence-corrected chi connectivity index (χ0v) is 16.9. The third-order valence-electron chi connectivity index (χ3n) is 3.57. The highest BCUT2D eigenvalue weighted by molar-refractivity contribution is 5.79. The second-order valence-electron chi connectivity index (χ2n) is 7.11. The summed E-state index contributed by atoms with van der Waals surface area (Å²) in [6.07, 6.45) is 0.931. The van der Waals surface area contributed by atoms with Crippen molar-refractivity contribution in [2.75, 3.05) is 40.4 Å². The fourth-order valence-electron chi connectivity index (χ4n) is 2.40. The van der Waals surface area contributed by atoms with Crippen LogP contribution in [0.4, 0.5) is 4.39 Å². The summed E-state index contributed by atoms with van der Waals surface area (Å²) in [6.45, 7) is 10.6. The second kappa shape index (κ2) is 12.7. The van der Waals surface area contributed by atoms with E-state index in [1.54, 1.807) is 6.07 Å². The normalized spacial score (nSPS) is 12.1. The Bertz CT molecular complexity index is 547. The molecule has 0 heterocycles. The van der Waals surface area contributed by atoms with Crippen molar-refractivity contribution in [1.82, 2.24) is 15.5 Å². The van der Waals surface area contributed by atoms with Gasteiger partial charge in [0.05, 0.1) is 6.54 Å². The summed E-state index contributed by atoms with van der Waals surface area (Å²) in [5, 5.41) is 6.55. The van der Waals surface area contributed by atoms with E-state index in [4.69, 9.17) is 4.74 Å². The molecule has 0 bridgehead atoms. The van der Waals surface area contributed by atoms with Gasteiger partial charge in [-0.1, -0.05) is 19.9 Å². The van der Waals surface area contributed by atoms with Gasteiger partial charge in [0.1, 0.15) is 5.82 Å². The smallest absolute Gasteiger partial charge is 0.191 e. The number of ether oxygens (including phenoxy) is 1. The maximum Gasteiger partial charge on any atom is 0.191 e. The summed E-state index contributed by atoms with van der Waals surface area (Å²) >= 11 is 0. The summed E-state index contributed by atoms with van der Waals surface area (Å²) < 4.78 is 19.5. The van der Waals surface area contributed by atoms with Crippen LogP contribution in [0.25, 0.3) is 0 Å². The quantitative estimate of drug-likeness (QED) is 0.359. The lowest BCUT2D eigenvalue weighted by Crippen LogP contribution is -2.38. The van der Waals surface area contributed by atoms with Gasteiger partial charge < -0.3 is 20.3 Å². The SMILES string of the molecule is CCNC(=NCc1ccc(F)c(CN(C)C)c1)NCCCOCC(C)C. The summed E-state index contributed by atoms with van der Waals surface area (Å²) in [5.41, 5.74) is 1.70. The van der Waals surface area contributed by atoms with Crippen molar-refractivity contribution in [3.8, 4) is 0 Å². The summed E-state index contributed by atoms with van der Waals surface area (Å²) in [6, 6.07) is 5.21. The molecule has 1 aromatic rings. The van der Waals surface area contributed by atoms with E-state index >= 15 is 0 Å². The molecule has 2 N–H and O–H groups in total. The number of hydrogen-bond donors (Lipinski definition) is 2. The van der Waals surface area contributed by atoms with E-state index < -0.39 is 0 Å². The van der Waals surface area contributed by atoms with Crippen molar-refractivity contribution < 1.29 is 9.13 Å². The molecule has 0 saturated carbocycles. The first-order valence-electron chi connectivity index (χ1n) is 9.44. The average Bonchev–Trinajstić information content (AvgIpc) is 2.57. The van der Waals surface area contributed by atoms with Crippen LogP contribution in [0.3, 0.4) is 0 Å². The van der Waals surface area contributed by atoms with Gasteiger partial charge in [-0.25, -0.2) is 9.38 Å². The van der Waals surface area contributed by atoms with Crippen LogP contribution in [-0.2, 0) is 17.8 Å². The molecule has 0 fully saturated rings. The lowest BCUT2D eigenvalue weighted by molar-refractivity contribution is 0.108.